The van der Waals surface area contributed by atoms with E-state index in [0.29, 0.717) is 19.4 Å². The minimum atomic E-state index is -1.58. The number of unbranched alkanes of at least 4 members (excludes halogenated alkanes) is 1. The summed E-state index contributed by atoms with van der Waals surface area (Å²) in [5.74, 6) is -4.48. The van der Waals surface area contributed by atoms with Gasteiger partial charge >= 0.3 is 11.9 Å². The number of hydrogen-bond acceptors (Lipinski definition) is 6. The Bertz CT molecular complexity index is 483. The van der Waals surface area contributed by atoms with E-state index in [-0.39, 0.29) is 5.92 Å². The number of carboxylic acids is 2. The number of amides is 2. The van der Waals surface area contributed by atoms with Crippen molar-refractivity contribution in [2.24, 2.45) is 17.4 Å². The number of hydrogen-bond donors (Lipinski definition) is 6. The van der Waals surface area contributed by atoms with Crippen LogP contribution in [0.4, 0.5) is 0 Å². The lowest BCUT2D eigenvalue weighted by Gasteiger charge is -2.25. The Balaban J connectivity index is 4.86. The summed E-state index contributed by atoms with van der Waals surface area (Å²) in [5, 5.41) is 22.3. The number of carbonyl (C=O) groups is 4. The maximum absolute atomic E-state index is 12.3. The molecule has 0 aromatic rings. The molecule has 0 saturated carbocycles. The lowest BCUT2D eigenvalue weighted by Crippen LogP contribution is -2.56. The van der Waals surface area contributed by atoms with Gasteiger partial charge in [-0.1, -0.05) is 20.3 Å². The first-order valence-electron chi connectivity index (χ1n) is 8.11. The SMILES string of the molecule is CC(C)[C@H](NC(=O)[C@@H](N)CCCCN)C(=O)N[C@@H](CC(=O)O)C(=O)O. The van der Waals surface area contributed by atoms with Crippen molar-refractivity contribution in [2.75, 3.05) is 6.54 Å². The third-order valence-electron chi connectivity index (χ3n) is 3.55. The van der Waals surface area contributed by atoms with E-state index in [9.17, 15) is 19.2 Å². The lowest BCUT2D eigenvalue weighted by atomic mass is 10.0. The number of nitrogens with one attached hydrogen (secondary N) is 2. The summed E-state index contributed by atoms with van der Waals surface area (Å²) >= 11 is 0. The Morgan fingerprint density at radius 3 is 2.04 bits per heavy atom. The quantitative estimate of drug-likeness (QED) is 0.230. The fourth-order valence-electron chi connectivity index (χ4n) is 2.07. The second-order valence-corrected chi connectivity index (χ2v) is 6.12. The topological polar surface area (TPSA) is 185 Å². The Labute approximate surface area is 146 Å². The van der Waals surface area contributed by atoms with Gasteiger partial charge in [-0.3, -0.25) is 14.4 Å². The third-order valence-corrected chi connectivity index (χ3v) is 3.55. The van der Waals surface area contributed by atoms with Crippen molar-refractivity contribution < 1.29 is 29.4 Å². The number of aliphatic carboxylic acids is 2. The smallest absolute Gasteiger partial charge is 0.326 e. The molecule has 0 saturated heterocycles. The Morgan fingerprint density at radius 1 is 1.00 bits per heavy atom. The monoisotopic (exact) mass is 360 g/mol. The molecule has 0 radical (unpaired) electrons. The van der Waals surface area contributed by atoms with Crippen molar-refractivity contribution in [1.82, 2.24) is 10.6 Å². The van der Waals surface area contributed by atoms with Gasteiger partial charge in [0.05, 0.1) is 12.5 Å². The van der Waals surface area contributed by atoms with Crippen LogP contribution in [0.5, 0.6) is 0 Å². The highest BCUT2D eigenvalue weighted by molar-refractivity contribution is 5.92. The highest BCUT2D eigenvalue weighted by atomic mass is 16.4. The second kappa shape index (κ2) is 11.4. The predicted molar refractivity (Wildman–Crippen MR) is 89.5 cm³/mol. The number of nitrogens with two attached hydrogens (primary N) is 2. The van der Waals surface area contributed by atoms with E-state index in [1.54, 1.807) is 13.8 Å². The summed E-state index contributed by atoms with van der Waals surface area (Å²) in [6, 6.07) is -3.42. The van der Waals surface area contributed by atoms with Gasteiger partial charge < -0.3 is 32.3 Å². The summed E-state index contributed by atoms with van der Waals surface area (Å²) < 4.78 is 0. The van der Waals surface area contributed by atoms with E-state index in [1.165, 1.54) is 0 Å². The van der Waals surface area contributed by atoms with Crippen molar-refractivity contribution in [3.05, 3.63) is 0 Å². The molecule has 8 N–H and O–H groups in total. The van der Waals surface area contributed by atoms with E-state index in [0.717, 1.165) is 6.42 Å². The van der Waals surface area contributed by atoms with Gasteiger partial charge in [0.15, 0.2) is 0 Å². The van der Waals surface area contributed by atoms with Crippen LogP contribution in [0.2, 0.25) is 0 Å². The van der Waals surface area contributed by atoms with E-state index in [2.05, 4.69) is 10.6 Å². The molecule has 0 aliphatic rings. The molecule has 0 spiro atoms. The van der Waals surface area contributed by atoms with E-state index >= 15 is 0 Å². The number of carbonyl (C=O) groups excluding carboxylic acids is 2. The minimum absolute atomic E-state index is 0.348. The fourth-order valence-corrected chi connectivity index (χ4v) is 2.07. The van der Waals surface area contributed by atoms with Crippen LogP contribution in [-0.2, 0) is 19.2 Å². The average molecular weight is 360 g/mol. The van der Waals surface area contributed by atoms with E-state index < -0.39 is 48.3 Å². The number of rotatable bonds is 12. The summed E-state index contributed by atoms with van der Waals surface area (Å²) in [4.78, 5) is 46.1. The first-order valence-corrected chi connectivity index (χ1v) is 8.11. The number of carboxylic acid groups (broad SMARTS) is 2. The molecular weight excluding hydrogens is 332 g/mol. The van der Waals surface area contributed by atoms with Crippen molar-refractivity contribution in [1.29, 1.82) is 0 Å². The zero-order valence-electron chi connectivity index (χ0n) is 14.5. The minimum Gasteiger partial charge on any atom is -0.481 e. The maximum atomic E-state index is 12.3. The van der Waals surface area contributed by atoms with Gasteiger partial charge in [0, 0.05) is 0 Å². The summed E-state index contributed by atoms with van der Waals surface area (Å²) in [6.45, 7) is 3.82. The van der Waals surface area contributed by atoms with Gasteiger partial charge in [-0.05, 0) is 25.3 Å². The van der Waals surface area contributed by atoms with Crippen LogP contribution in [0.3, 0.4) is 0 Å². The van der Waals surface area contributed by atoms with E-state index in [1.807, 2.05) is 0 Å². The van der Waals surface area contributed by atoms with Crippen LogP contribution in [0.1, 0.15) is 39.5 Å². The van der Waals surface area contributed by atoms with Crippen LogP contribution in [0, 0.1) is 5.92 Å². The van der Waals surface area contributed by atoms with Crippen molar-refractivity contribution in [3.8, 4) is 0 Å². The molecule has 0 fully saturated rings. The van der Waals surface area contributed by atoms with Gasteiger partial charge in [-0.25, -0.2) is 4.79 Å². The maximum Gasteiger partial charge on any atom is 0.326 e. The average Bonchev–Trinajstić information content (AvgIpc) is 2.50. The van der Waals surface area contributed by atoms with Gasteiger partial charge in [0.2, 0.25) is 11.8 Å². The van der Waals surface area contributed by atoms with Crippen molar-refractivity contribution in [2.45, 2.75) is 57.7 Å². The van der Waals surface area contributed by atoms with Gasteiger partial charge in [0.25, 0.3) is 0 Å². The Kier molecular flexibility index (Phi) is 10.4. The summed E-state index contributed by atoms with van der Waals surface area (Å²) in [6.07, 6.45) is 1.04. The molecule has 0 bridgehead atoms. The Hall–Kier alpha value is -2.20. The van der Waals surface area contributed by atoms with Crippen molar-refractivity contribution >= 4 is 23.8 Å². The van der Waals surface area contributed by atoms with Crippen LogP contribution in [-0.4, -0.2) is 58.6 Å². The largest absolute Gasteiger partial charge is 0.481 e. The van der Waals surface area contributed by atoms with Gasteiger partial charge in [-0.15, -0.1) is 0 Å². The summed E-state index contributed by atoms with van der Waals surface area (Å²) in [5.41, 5.74) is 11.1. The highest BCUT2D eigenvalue weighted by Gasteiger charge is 2.30. The molecule has 0 rings (SSSR count). The molecule has 10 nitrogen and oxygen atoms in total. The molecule has 0 aliphatic heterocycles. The molecule has 0 heterocycles. The second-order valence-electron chi connectivity index (χ2n) is 6.12. The third kappa shape index (κ3) is 9.01. The van der Waals surface area contributed by atoms with Gasteiger partial charge in [-0.2, -0.15) is 0 Å². The first kappa shape index (κ1) is 22.8. The first-order chi connectivity index (χ1) is 11.6. The normalized spacial score (nSPS) is 14.4. The van der Waals surface area contributed by atoms with Crippen LogP contribution < -0.4 is 22.1 Å². The van der Waals surface area contributed by atoms with E-state index in [4.69, 9.17) is 21.7 Å². The van der Waals surface area contributed by atoms with Crippen LogP contribution in [0.25, 0.3) is 0 Å². The zero-order chi connectivity index (χ0) is 19.6. The molecule has 0 aromatic heterocycles. The molecule has 0 unspecified atom stereocenters. The molecule has 3 atom stereocenters. The highest BCUT2D eigenvalue weighted by Crippen LogP contribution is 2.06. The Morgan fingerprint density at radius 2 is 1.60 bits per heavy atom. The fraction of sp³-hybridized carbons (Fsp3) is 0.733. The van der Waals surface area contributed by atoms with Crippen LogP contribution >= 0.6 is 0 Å². The summed E-state index contributed by atoms with van der Waals surface area (Å²) in [7, 11) is 0. The molecule has 144 valence electrons. The molecule has 10 heteroatoms. The lowest BCUT2D eigenvalue weighted by molar-refractivity contribution is -0.147. The molecule has 0 aromatic carbocycles. The molecule has 0 aliphatic carbocycles. The van der Waals surface area contributed by atoms with Gasteiger partial charge in [0.1, 0.15) is 12.1 Å². The zero-order valence-corrected chi connectivity index (χ0v) is 14.5. The van der Waals surface area contributed by atoms with Crippen molar-refractivity contribution in [3.63, 3.8) is 0 Å². The predicted octanol–water partition coefficient (Wildman–Crippen LogP) is -1.37. The molecule has 25 heavy (non-hydrogen) atoms. The molecule has 2 amide bonds. The molecular formula is C15H28N4O6. The van der Waals surface area contributed by atoms with Crippen LogP contribution in [0.15, 0.2) is 0 Å². The standard InChI is InChI=1S/C15H28N4O6/c1-8(2)12(19-13(22)9(17)5-3-4-6-16)14(23)18-10(15(24)25)7-11(20)21/h8-10,12H,3-7,16-17H2,1-2H3,(H,18,23)(H,19,22)(H,20,21)(H,24,25)/t9-,10-,12-/m0/s1.